The van der Waals surface area contributed by atoms with Crippen molar-refractivity contribution in [1.29, 1.82) is 0 Å². The van der Waals surface area contributed by atoms with E-state index in [1.807, 2.05) is 55.5 Å². The van der Waals surface area contributed by atoms with Gasteiger partial charge >= 0.3 is 0 Å². The molecule has 2 rings (SSSR count). The van der Waals surface area contributed by atoms with E-state index in [4.69, 9.17) is 4.74 Å². The zero-order valence-electron chi connectivity index (χ0n) is 14.4. The van der Waals surface area contributed by atoms with Crippen molar-refractivity contribution >= 4 is 17.3 Å². The van der Waals surface area contributed by atoms with E-state index in [-0.39, 0.29) is 22.9 Å². The summed E-state index contributed by atoms with van der Waals surface area (Å²) in [4.78, 5) is 14.9. The fourth-order valence-electron chi connectivity index (χ4n) is 2.48. The lowest BCUT2D eigenvalue weighted by molar-refractivity contribution is -0.0000132. The molecule has 4 nitrogen and oxygen atoms in total. The number of para-hydroxylation sites is 1. The van der Waals surface area contributed by atoms with Crippen LogP contribution < -0.4 is 31.9 Å². The highest BCUT2D eigenvalue weighted by Crippen LogP contribution is 2.26. The molecule has 0 aliphatic heterocycles. The predicted octanol–water partition coefficient (Wildman–Crippen LogP) is 1.15. The molecule has 0 heterocycles. The molecule has 1 radical (unpaired) electrons. The summed E-state index contributed by atoms with van der Waals surface area (Å²) in [5, 5.41) is 2.92. The van der Waals surface area contributed by atoms with Gasteiger partial charge in [-0.2, -0.15) is 0 Å². The van der Waals surface area contributed by atoms with Gasteiger partial charge in [-0.3, -0.25) is 4.79 Å². The number of nitrogens with one attached hydrogen (secondary N) is 1. The van der Waals surface area contributed by atoms with Crippen LogP contribution in [-0.2, 0) is 0 Å². The number of rotatable bonds is 7. The molecule has 0 atom stereocenters. The number of ether oxygens (including phenoxy) is 1. The first-order valence-corrected chi connectivity index (χ1v) is 8.07. The number of benzene rings is 2. The number of hydrogen-bond acceptors (Lipinski definition) is 3. The quantitative estimate of drug-likeness (QED) is 0.719. The molecule has 0 aliphatic rings. The van der Waals surface area contributed by atoms with E-state index in [1.54, 1.807) is 0 Å². The molecule has 5 heteroatoms. The molecule has 2 aromatic rings. The smallest absolute Gasteiger partial charge is 0.259 e. The maximum absolute atomic E-state index is 12.7. The molecule has 1 amide bonds. The van der Waals surface area contributed by atoms with E-state index in [1.165, 1.54) is 0 Å². The number of carbonyl (C=O) groups is 1. The second kappa shape index (κ2) is 10.1. The van der Waals surface area contributed by atoms with Crippen LogP contribution in [0.5, 0.6) is 5.75 Å². The molecule has 0 spiro atoms. The standard InChI is InChI=1S/C19H24N2O2.BrH/c1-4-21(5-2)16-12-13-18(23-6-3)17(14-16)19(22)20-15-10-8-7-9-11-15;/h7-14H,4-6H2,1-3H3,(H,20,22);1H/q+1;/p-1. The first-order valence-electron chi connectivity index (χ1n) is 8.07. The fraction of sp³-hybridized carbons (Fsp3) is 0.316. The van der Waals surface area contributed by atoms with Crippen LogP contribution in [0.2, 0.25) is 0 Å². The second-order valence-electron chi connectivity index (χ2n) is 5.11. The summed E-state index contributed by atoms with van der Waals surface area (Å²) in [6.07, 6.45) is 0. The van der Waals surface area contributed by atoms with Crippen molar-refractivity contribution in [3.63, 3.8) is 0 Å². The Morgan fingerprint density at radius 1 is 1.04 bits per heavy atom. The van der Waals surface area contributed by atoms with Crippen LogP contribution >= 0.6 is 0 Å². The van der Waals surface area contributed by atoms with Gasteiger partial charge in [0.1, 0.15) is 18.8 Å². The third-order valence-electron chi connectivity index (χ3n) is 3.67. The van der Waals surface area contributed by atoms with Gasteiger partial charge in [-0.05, 0) is 39.0 Å². The summed E-state index contributed by atoms with van der Waals surface area (Å²) in [6.45, 7) is 8.43. The van der Waals surface area contributed by atoms with Crippen molar-refractivity contribution in [3.8, 4) is 5.75 Å². The molecular formula is C19H24BrN2O2. The lowest BCUT2D eigenvalue weighted by Crippen LogP contribution is -3.00. The van der Waals surface area contributed by atoms with Crippen LogP contribution in [0.1, 0.15) is 31.1 Å². The van der Waals surface area contributed by atoms with Crippen LogP contribution in [0.4, 0.5) is 11.4 Å². The van der Waals surface area contributed by atoms with E-state index in [9.17, 15) is 4.79 Å². The van der Waals surface area contributed by atoms with Crippen molar-refractivity contribution in [2.24, 2.45) is 0 Å². The lowest BCUT2D eigenvalue weighted by Gasteiger charge is -2.13. The molecule has 2 aromatic carbocycles. The maximum atomic E-state index is 12.7. The Morgan fingerprint density at radius 3 is 2.29 bits per heavy atom. The number of amides is 1. The minimum Gasteiger partial charge on any atom is -1.00 e. The van der Waals surface area contributed by atoms with E-state index in [2.05, 4.69) is 24.1 Å². The Kier molecular flexibility index (Phi) is 8.50. The Hall–Kier alpha value is -1.85. The molecule has 0 fully saturated rings. The van der Waals surface area contributed by atoms with Gasteiger partial charge in [0.05, 0.1) is 12.2 Å². The van der Waals surface area contributed by atoms with Gasteiger partial charge in [-0.15, -0.1) is 4.90 Å². The largest absolute Gasteiger partial charge is 1.00 e. The van der Waals surface area contributed by atoms with Gasteiger partial charge in [-0.25, -0.2) is 0 Å². The minimum absolute atomic E-state index is 0. The van der Waals surface area contributed by atoms with E-state index in [0.29, 0.717) is 17.9 Å². The van der Waals surface area contributed by atoms with Gasteiger partial charge in [0, 0.05) is 17.8 Å². The Balaban J connectivity index is 0.00000288. The van der Waals surface area contributed by atoms with Crippen molar-refractivity contribution in [3.05, 3.63) is 54.1 Å². The highest BCUT2D eigenvalue weighted by atomic mass is 79.9. The van der Waals surface area contributed by atoms with Crippen LogP contribution in [0.15, 0.2) is 48.5 Å². The van der Waals surface area contributed by atoms with Gasteiger partial charge in [0.15, 0.2) is 5.69 Å². The topological polar surface area (TPSA) is 44.2 Å². The van der Waals surface area contributed by atoms with E-state index in [0.717, 1.165) is 24.5 Å². The van der Waals surface area contributed by atoms with Crippen molar-refractivity contribution in [1.82, 2.24) is 4.90 Å². The van der Waals surface area contributed by atoms with Crippen LogP contribution in [0, 0.1) is 0 Å². The molecule has 24 heavy (non-hydrogen) atoms. The molecule has 0 saturated carbocycles. The van der Waals surface area contributed by atoms with E-state index >= 15 is 0 Å². The van der Waals surface area contributed by atoms with Crippen LogP contribution in [0.25, 0.3) is 0 Å². The van der Waals surface area contributed by atoms with Crippen LogP contribution in [0.3, 0.4) is 0 Å². The molecule has 0 aromatic heterocycles. The zero-order chi connectivity index (χ0) is 16.7. The molecular weight excluding hydrogens is 368 g/mol. The Bertz CT molecular complexity index is 643. The SMILES string of the molecule is CCOc1ccc([N+](CC)CC)cc1C(=O)Nc1ccccc1.[Br-]. The Labute approximate surface area is 154 Å². The number of carbonyl (C=O) groups excluding carboxylic acids is 1. The first-order chi connectivity index (χ1) is 11.2. The summed E-state index contributed by atoms with van der Waals surface area (Å²) in [7, 11) is 0. The second-order valence-corrected chi connectivity index (χ2v) is 5.11. The van der Waals surface area contributed by atoms with Gasteiger partial charge in [0.25, 0.3) is 5.91 Å². The molecule has 129 valence electrons. The minimum atomic E-state index is -0.159. The number of hydrogen-bond donors (Lipinski definition) is 1. The molecule has 1 N–H and O–H groups in total. The third kappa shape index (κ3) is 5.08. The fourth-order valence-corrected chi connectivity index (χ4v) is 2.48. The highest BCUT2D eigenvalue weighted by Gasteiger charge is 2.20. The third-order valence-corrected chi connectivity index (χ3v) is 3.67. The monoisotopic (exact) mass is 391 g/mol. The zero-order valence-corrected chi connectivity index (χ0v) is 16.0. The van der Waals surface area contributed by atoms with Gasteiger partial charge in [-0.1, -0.05) is 18.2 Å². The van der Waals surface area contributed by atoms with Gasteiger partial charge in [0.2, 0.25) is 0 Å². The molecule has 0 saturated heterocycles. The number of halogens is 1. The predicted molar refractivity (Wildman–Crippen MR) is 94.9 cm³/mol. The summed E-state index contributed by atoms with van der Waals surface area (Å²) in [5.41, 5.74) is 2.35. The van der Waals surface area contributed by atoms with Crippen LogP contribution in [-0.4, -0.2) is 25.6 Å². The average molecular weight is 392 g/mol. The van der Waals surface area contributed by atoms with Crippen molar-refractivity contribution < 1.29 is 26.5 Å². The van der Waals surface area contributed by atoms with E-state index < -0.39 is 0 Å². The molecule has 0 bridgehead atoms. The summed E-state index contributed by atoms with van der Waals surface area (Å²) in [6, 6.07) is 15.2. The first kappa shape index (κ1) is 20.2. The summed E-state index contributed by atoms with van der Waals surface area (Å²) < 4.78 is 5.62. The summed E-state index contributed by atoms with van der Waals surface area (Å²) >= 11 is 0. The maximum Gasteiger partial charge on any atom is 0.259 e. The van der Waals surface area contributed by atoms with Crippen molar-refractivity contribution in [2.45, 2.75) is 20.8 Å². The average Bonchev–Trinajstić information content (AvgIpc) is 2.58. The number of anilines is 2. The summed E-state index contributed by atoms with van der Waals surface area (Å²) in [5.74, 6) is 0.450. The van der Waals surface area contributed by atoms with Gasteiger partial charge < -0.3 is 27.0 Å². The lowest BCUT2D eigenvalue weighted by atomic mass is 10.1. The Morgan fingerprint density at radius 2 is 1.71 bits per heavy atom. The van der Waals surface area contributed by atoms with Crippen molar-refractivity contribution in [2.75, 3.05) is 25.0 Å². The molecule has 0 unspecified atom stereocenters. The number of nitrogens with zero attached hydrogens (tertiary/aromatic N) is 1. The molecule has 0 aliphatic carbocycles. The highest BCUT2D eigenvalue weighted by molar-refractivity contribution is 6.06. The normalized spacial score (nSPS) is 10.2.